The van der Waals surface area contributed by atoms with E-state index >= 15 is 0 Å². The molecular formula is C31H36N2O3. The van der Waals surface area contributed by atoms with Gasteiger partial charge in [-0.25, -0.2) is 4.98 Å². The van der Waals surface area contributed by atoms with E-state index in [1.54, 1.807) is 13.2 Å². The van der Waals surface area contributed by atoms with Gasteiger partial charge in [0.1, 0.15) is 5.69 Å². The zero-order valence-corrected chi connectivity index (χ0v) is 22.1. The first-order valence-electron chi connectivity index (χ1n) is 11.8. The molecule has 0 radical (unpaired) electrons. The van der Waals surface area contributed by atoms with Gasteiger partial charge in [0.2, 0.25) is 0 Å². The number of aliphatic hydroxyl groups is 1. The molecule has 188 valence electrons. The van der Waals surface area contributed by atoms with Crippen molar-refractivity contribution in [1.82, 2.24) is 4.98 Å². The van der Waals surface area contributed by atoms with Gasteiger partial charge in [0.25, 0.3) is 0 Å². The predicted molar refractivity (Wildman–Crippen MR) is 150 cm³/mol. The van der Waals surface area contributed by atoms with Gasteiger partial charge in [-0.2, -0.15) is 5.26 Å². The van der Waals surface area contributed by atoms with Crippen LogP contribution in [0.1, 0.15) is 61.3 Å². The summed E-state index contributed by atoms with van der Waals surface area (Å²) in [5.74, 6) is 0.398. The van der Waals surface area contributed by atoms with Gasteiger partial charge in [-0.15, -0.1) is 0 Å². The average molecular weight is 485 g/mol. The standard InChI is InChI=1S/C27H27NO2.C3H5N.CH4O/c1-6-9-24-23(8-3)25(18(4)29)27(30-5)26(28-24)22-16-14-21(15-17-22)20-12-10-19(7-2)11-13-20;1-2-3-4;1-2/h6,8-17H,3,7H2,1-2,4-5H3;2H2,1H3;2H,1H3/b9-6-;;. The first kappa shape index (κ1) is 30.0. The van der Waals surface area contributed by atoms with Crippen LogP contribution in [-0.4, -0.2) is 30.1 Å². The average Bonchev–Trinajstić information content (AvgIpc) is 2.93. The second-order valence-electron chi connectivity index (χ2n) is 7.57. The van der Waals surface area contributed by atoms with E-state index in [0.717, 1.165) is 24.7 Å². The molecule has 0 saturated carbocycles. The van der Waals surface area contributed by atoms with Gasteiger partial charge in [-0.1, -0.05) is 81.1 Å². The number of ketones is 1. The number of carbonyl (C=O) groups is 1. The Labute approximate surface area is 215 Å². The van der Waals surface area contributed by atoms with E-state index in [-0.39, 0.29) is 5.78 Å². The van der Waals surface area contributed by atoms with E-state index in [4.69, 9.17) is 20.1 Å². The Morgan fingerprint density at radius 2 is 1.56 bits per heavy atom. The minimum absolute atomic E-state index is 0.0798. The molecule has 0 spiro atoms. The number of ether oxygens (including phenoxy) is 1. The van der Waals surface area contributed by atoms with Gasteiger partial charge < -0.3 is 9.84 Å². The highest BCUT2D eigenvalue weighted by atomic mass is 16.5. The second-order valence-corrected chi connectivity index (χ2v) is 7.57. The minimum Gasteiger partial charge on any atom is -0.494 e. The summed E-state index contributed by atoms with van der Waals surface area (Å²) in [6, 6.07) is 18.7. The third-order valence-electron chi connectivity index (χ3n) is 5.32. The highest BCUT2D eigenvalue weighted by Gasteiger charge is 2.22. The molecular weight excluding hydrogens is 448 g/mol. The number of allylic oxidation sites excluding steroid dienone is 1. The molecule has 0 aliphatic heterocycles. The van der Waals surface area contributed by atoms with Gasteiger partial charge in [0.05, 0.1) is 24.4 Å². The van der Waals surface area contributed by atoms with Crippen molar-refractivity contribution in [1.29, 1.82) is 5.26 Å². The van der Waals surface area contributed by atoms with Crippen LogP contribution in [0.3, 0.4) is 0 Å². The molecule has 0 saturated heterocycles. The molecule has 0 fully saturated rings. The van der Waals surface area contributed by atoms with Crippen LogP contribution in [-0.2, 0) is 6.42 Å². The molecule has 0 amide bonds. The van der Waals surface area contributed by atoms with Gasteiger partial charge in [-0.05, 0) is 43.0 Å². The van der Waals surface area contributed by atoms with Crippen LogP contribution in [0, 0.1) is 11.3 Å². The third kappa shape index (κ3) is 7.49. The number of rotatable bonds is 7. The third-order valence-corrected chi connectivity index (χ3v) is 5.32. The quantitative estimate of drug-likeness (QED) is 0.353. The van der Waals surface area contributed by atoms with Crippen molar-refractivity contribution < 1.29 is 14.6 Å². The fourth-order valence-corrected chi connectivity index (χ4v) is 3.59. The number of methoxy groups -OCH3 is 1. The lowest BCUT2D eigenvalue weighted by molar-refractivity contribution is 0.101. The first-order chi connectivity index (χ1) is 17.4. The van der Waals surface area contributed by atoms with Crippen molar-refractivity contribution in [3.05, 3.63) is 83.6 Å². The van der Waals surface area contributed by atoms with E-state index in [1.165, 1.54) is 18.1 Å². The van der Waals surface area contributed by atoms with Crippen LogP contribution in [0.15, 0.2) is 61.2 Å². The number of aromatic nitrogens is 1. The summed E-state index contributed by atoms with van der Waals surface area (Å²) in [5.41, 5.74) is 7.05. The highest BCUT2D eigenvalue weighted by Crippen LogP contribution is 2.37. The zero-order chi connectivity index (χ0) is 27.1. The van der Waals surface area contributed by atoms with E-state index in [1.807, 2.05) is 44.2 Å². The highest BCUT2D eigenvalue weighted by molar-refractivity contribution is 6.03. The predicted octanol–water partition coefficient (Wildman–Crippen LogP) is 7.39. The summed E-state index contributed by atoms with van der Waals surface area (Å²) >= 11 is 0. The molecule has 0 unspecified atom stereocenters. The summed E-state index contributed by atoms with van der Waals surface area (Å²) in [7, 11) is 2.57. The van der Waals surface area contributed by atoms with Gasteiger partial charge in [0, 0.05) is 24.7 Å². The number of carbonyl (C=O) groups excluding carboxylic acids is 1. The largest absolute Gasteiger partial charge is 0.494 e. The topological polar surface area (TPSA) is 83.2 Å². The SMILES string of the molecule is C=Cc1c(/C=C\C)nc(-c2ccc(-c3ccc(CC)cc3)cc2)c(OC)c1C(C)=O.CCC#N.CO. The normalized spacial score (nSPS) is 9.83. The lowest BCUT2D eigenvalue weighted by Crippen LogP contribution is -2.07. The zero-order valence-electron chi connectivity index (χ0n) is 22.1. The Bertz CT molecular complexity index is 1200. The maximum atomic E-state index is 12.5. The van der Waals surface area contributed by atoms with Gasteiger partial charge in [-0.3, -0.25) is 4.79 Å². The monoisotopic (exact) mass is 484 g/mol. The number of hydrogen-bond acceptors (Lipinski definition) is 5. The number of aliphatic hydroxyl groups excluding tert-OH is 1. The summed E-state index contributed by atoms with van der Waals surface area (Å²) < 4.78 is 5.65. The van der Waals surface area contributed by atoms with E-state index < -0.39 is 0 Å². The fourth-order valence-electron chi connectivity index (χ4n) is 3.59. The molecule has 5 nitrogen and oxygen atoms in total. The van der Waals surface area contributed by atoms with Crippen LogP contribution in [0.4, 0.5) is 0 Å². The molecule has 2 aromatic carbocycles. The molecule has 0 aliphatic carbocycles. The number of Topliss-reactive ketones (excluding diaryl/α,β-unsaturated/α-hetero) is 1. The maximum absolute atomic E-state index is 12.5. The van der Waals surface area contributed by atoms with E-state index in [0.29, 0.717) is 34.7 Å². The van der Waals surface area contributed by atoms with Gasteiger partial charge in [0.15, 0.2) is 11.5 Å². The van der Waals surface area contributed by atoms with Crippen molar-refractivity contribution in [2.24, 2.45) is 0 Å². The first-order valence-corrected chi connectivity index (χ1v) is 11.8. The van der Waals surface area contributed by atoms with Crippen molar-refractivity contribution >= 4 is 17.9 Å². The van der Waals surface area contributed by atoms with Crippen LogP contribution >= 0.6 is 0 Å². The molecule has 1 N–H and O–H groups in total. The molecule has 3 rings (SSSR count). The summed E-state index contributed by atoms with van der Waals surface area (Å²) in [5, 5.41) is 14.6. The van der Waals surface area contributed by atoms with Crippen LogP contribution < -0.4 is 4.74 Å². The molecule has 36 heavy (non-hydrogen) atoms. The number of aryl methyl sites for hydroxylation is 1. The van der Waals surface area contributed by atoms with Crippen LogP contribution in [0.2, 0.25) is 0 Å². The Morgan fingerprint density at radius 1 is 1.06 bits per heavy atom. The van der Waals surface area contributed by atoms with Crippen molar-refractivity contribution in [2.45, 2.75) is 40.5 Å². The molecule has 0 atom stereocenters. The van der Waals surface area contributed by atoms with Crippen molar-refractivity contribution in [2.75, 3.05) is 14.2 Å². The van der Waals surface area contributed by atoms with Crippen LogP contribution in [0.5, 0.6) is 5.75 Å². The number of nitriles is 1. The molecule has 0 bridgehead atoms. The number of pyridine rings is 1. The van der Waals surface area contributed by atoms with Crippen LogP contribution in [0.25, 0.3) is 34.5 Å². The summed E-state index contributed by atoms with van der Waals surface area (Å²) in [6.07, 6.45) is 7.10. The molecule has 3 aromatic rings. The lowest BCUT2D eigenvalue weighted by Gasteiger charge is -2.17. The number of benzene rings is 2. The molecule has 1 heterocycles. The molecule has 0 aliphatic rings. The summed E-state index contributed by atoms with van der Waals surface area (Å²) in [4.78, 5) is 17.3. The van der Waals surface area contributed by atoms with Gasteiger partial charge >= 0.3 is 0 Å². The Morgan fingerprint density at radius 3 is 1.94 bits per heavy atom. The van der Waals surface area contributed by atoms with Crippen molar-refractivity contribution in [3.8, 4) is 34.2 Å². The fraction of sp³-hybridized carbons (Fsp3) is 0.258. The number of nitrogens with zero attached hydrogens (tertiary/aromatic N) is 2. The van der Waals surface area contributed by atoms with E-state index in [2.05, 4.69) is 49.9 Å². The Balaban J connectivity index is 0.000000982. The molecule has 1 aromatic heterocycles. The molecule has 5 heteroatoms. The summed E-state index contributed by atoms with van der Waals surface area (Å²) in [6.45, 7) is 11.3. The Kier molecular flexibility index (Phi) is 13.2. The number of hydrogen-bond donors (Lipinski definition) is 1. The Hall–Kier alpha value is -4.01. The van der Waals surface area contributed by atoms with E-state index in [9.17, 15) is 4.79 Å². The second kappa shape index (κ2) is 15.8. The smallest absolute Gasteiger partial charge is 0.164 e. The maximum Gasteiger partial charge on any atom is 0.164 e. The van der Waals surface area contributed by atoms with Crippen molar-refractivity contribution in [3.63, 3.8) is 0 Å². The minimum atomic E-state index is -0.0798. The lowest BCUT2D eigenvalue weighted by atomic mass is 9.96.